The number of nitrogens with zero attached hydrogens (tertiary/aromatic N) is 1. The van der Waals surface area contributed by atoms with E-state index in [0.29, 0.717) is 4.90 Å². The van der Waals surface area contributed by atoms with Gasteiger partial charge in [0.15, 0.2) is 0 Å². The molecule has 0 aliphatic heterocycles. The molecule has 1 aromatic carbocycles. The van der Waals surface area contributed by atoms with Crippen LogP contribution in [0.2, 0.25) is 0 Å². The molecule has 6 nitrogen and oxygen atoms in total. The molecule has 19 heavy (non-hydrogen) atoms. The quantitative estimate of drug-likeness (QED) is 0.822. The van der Waals surface area contributed by atoms with E-state index in [1.54, 1.807) is 0 Å². The van der Waals surface area contributed by atoms with Crippen molar-refractivity contribution in [1.29, 1.82) is 0 Å². The number of halogens is 1. The van der Waals surface area contributed by atoms with Gasteiger partial charge in [-0.05, 0) is 18.6 Å². The van der Waals surface area contributed by atoms with Crippen LogP contribution in [0.5, 0.6) is 0 Å². The molecule has 0 atom stereocenters. The number of aryl methyl sites for hydroxylation is 1. The van der Waals surface area contributed by atoms with Crippen molar-refractivity contribution >= 4 is 17.8 Å². The number of carbonyl (C=O) groups is 3. The van der Waals surface area contributed by atoms with E-state index in [9.17, 15) is 18.8 Å². The van der Waals surface area contributed by atoms with Crippen molar-refractivity contribution in [3.63, 3.8) is 0 Å². The Kier molecular flexibility index (Phi) is 4.57. The van der Waals surface area contributed by atoms with Crippen molar-refractivity contribution in [3.05, 3.63) is 35.1 Å². The minimum Gasteiger partial charge on any atom is -0.480 e. The molecule has 7 heteroatoms. The molecular formula is C12H12FNO5. The first-order valence-electron chi connectivity index (χ1n) is 5.31. The maximum Gasteiger partial charge on any atom is 0.323 e. The standard InChI is InChI=1S/C12H12FNO5/c1-7-3-2-4-8(11(7)13)12(19)14(5-9(15)16)6-10(17)18/h2-4H,5-6H2,1H3,(H,15,16)(H,17,18). The first kappa shape index (κ1) is 14.6. The van der Waals surface area contributed by atoms with Crippen LogP contribution in [-0.2, 0) is 9.59 Å². The number of aliphatic carboxylic acids is 2. The zero-order valence-corrected chi connectivity index (χ0v) is 10.1. The number of amides is 1. The summed E-state index contributed by atoms with van der Waals surface area (Å²) in [5, 5.41) is 17.3. The van der Waals surface area contributed by atoms with Gasteiger partial charge in [0.2, 0.25) is 0 Å². The Balaban J connectivity index is 3.07. The van der Waals surface area contributed by atoms with Crippen LogP contribution in [0.15, 0.2) is 18.2 Å². The predicted octanol–water partition coefficient (Wildman–Crippen LogP) is 0.746. The van der Waals surface area contributed by atoms with E-state index >= 15 is 0 Å². The van der Waals surface area contributed by atoms with Crippen molar-refractivity contribution in [2.45, 2.75) is 6.92 Å². The lowest BCUT2D eigenvalue weighted by Gasteiger charge is -2.19. The van der Waals surface area contributed by atoms with Gasteiger partial charge in [0.05, 0.1) is 5.56 Å². The van der Waals surface area contributed by atoms with Crippen LogP contribution in [0.1, 0.15) is 15.9 Å². The van der Waals surface area contributed by atoms with Crippen LogP contribution in [-0.4, -0.2) is 46.0 Å². The summed E-state index contributed by atoms with van der Waals surface area (Å²) in [6.45, 7) is -0.165. The van der Waals surface area contributed by atoms with E-state index in [2.05, 4.69) is 0 Å². The summed E-state index contributed by atoms with van der Waals surface area (Å²) in [7, 11) is 0. The zero-order valence-electron chi connectivity index (χ0n) is 10.1. The van der Waals surface area contributed by atoms with Crippen LogP contribution in [0, 0.1) is 12.7 Å². The Morgan fingerprint density at radius 3 is 2.16 bits per heavy atom. The summed E-state index contributed by atoms with van der Waals surface area (Å²) in [5.41, 5.74) is -0.126. The molecule has 0 heterocycles. The van der Waals surface area contributed by atoms with Crippen molar-refractivity contribution in [1.82, 2.24) is 4.90 Å². The lowest BCUT2D eigenvalue weighted by atomic mass is 10.1. The average molecular weight is 269 g/mol. The number of rotatable bonds is 5. The lowest BCUT2D eigenvalue weighted by Crippen LogP contribution is -2.39. The van der Waals surface area contributed by atoms with Gasteiger partial charge >= 0.3 is 11.9 Å². The van der Waals surface area contributed by atoms with Gasteiger partial charge in [0.25, 0.3) is 5.91 Å². The number of hydrogen-bond acceptors (Lipinski definition) is 3. The Hall–Kier alpha value is -2.44. The Bertz CT molecular complexity index is 513. The van der Waals surface area contributed by atoms with E-state index in [1.165, 1.54) is 25.1 Å². The fourth-order valence-electron chi connectivity index (χ4n) is 1.51. The number of carbonyl (C=O) groups excluding carboxylic acids is 1. The van der Waals surface area contributed by atoms with E-state index in [4.69, 9.17) is 10.2 Å². The molecule has 0 aromatic heterocycles. The smallest absolute Gasteiger partial charge is 0.323 e. The van der Waals surface area contributed by atoms with Crippen molar-refractivity contribution in [3.8, 4) is 0 Å². The van der Waals surface area contributed by atoms with E-state index < -0.39 is 36.8 Å². The lowest BCUT2D eigenvalue weighted by molar-refractivity contribution is -0.140. The number of hydrogen-bond donors (Lipinski definition) is 2. The molecular weight excluding hydrogens is 257 g/mol. The summed E-state index contributed by atoms with van der Waals surface area (Å²) in [6, 6.07) is 4.07. The number of benzene rings is 1. The second-order valence-electron chi connectivity index (χ2n) is 3.89. The topological polar surface area (TPSA) is 94.9 Å². The van der Waals surface area contributed by atoms with Gasteiger partial charge in [-0.2, -0.15) is 0 Å². The first-order valence-corrected chi connectivity index (χ1v) is 5.31. The van der Waals surface area contributed by atoms with Crippen LogP contribution in [0.3, 0.4) is 0 Å². The van der Waals surface area contributed by atoms with Crippen molar-refractivity contribution in [2.24, 2.45) is 0 Å². The second kappa shape index (κ2) is 5.94. The second-order valence-corrected chi connectivity index (χ2v) is 3.89. The molecule has 0 spiro atoms. The molecule has 0 fully saturated rings. The predicted molar refractivity (Wildman–Crippen MR) is 62.3 cm³/mol. The third-order valence-electron chi connectivity index (χ3n) is 2.36. The molecule has 0 saturated heterocycles. The van der Waals surface area contributed by atoms with Crippen LogP contribution < -0.4 is 0 Å². The third kappa shape index (κ3) is 3.77. The highest BCUT2D eigenvalue weighted by atomic mass is 19.1. The fraction of sp³-hybridized carbons (Fsp3) is 0.250. The van der Waals surface area contributed by atoms with Gasteiger partial charge < -0.3 is 15.1 Å². The molecule has 1 aromatic rings. The molecule has 0 saturated carbocycles. The molecule has 1 amide bonds. The van der Waals surface area contributed by atoms with E-state index in [1.807, 2.05) is 0 Å². The maximum absolute atomic E-state index is 13.7. The molecule has 0 radical (unpaired) electrons. The van der Waals surface area contributed by atoms with Gasteiger partial charge in [-0.25, -0.2) is 4.39 Å². The van der Waals surface area contributed by atoms with Crippen molar-refractivity contribution in [2.75, 3.05) is 13.1 Å². The Morgan fingerprint density at radius 2 is 1.68 bits per heavy atom. The van der Waals surface area contributed by atoms with Gasteiger partial charge in [-0.15, -0.1) is 0 Å². The van der Waals surface area contributed by atoms with E-state index in [0.717, 1.165) is 0 Å². The van der Waals surface area contributed by atoms with Crippen LogP contribution in [0.25, 0.3) is 0 Å². The van der Waals surface area contributed by atoms with Crippen LogP contribution in [0.4, 0.5) is 4.39 Å². The zero-order chi connectivity index (χ0) is 14.6. The highest BCUT2D eigenvalue weighted by molar-refractivity contribution is 5.97. The van der Waals surface area contributed by atoms with Gasteiger partial charge in [0.1, 0.15) is 18.9 Å². The molecule has 0 unspecified atom stereocenters. The minimum atomic E-state index is -1.37. The number of carboxylic acid groups (broad SMARTS) is 2. The highest BCUT2D eigenvalue weighted by Crippen LogP contribution is 2.14. The molecule has 0 aliphatic rings. The number of carboxylic acids is 2. The Morgan fingerprint density at radius 1 is 1.16 bits per heavy atom. The summed E-state index contributed by atoms with van der Waals surface area (Å²) in [4.78, 5) is 33.7. The average Bonchev–Trinajstić information content (AvgIpc) is 2.30. The third-order valence-corrected chi connectivity index (χ3v) is 2.36. The first-order chi connectivity index (χ1) is 8.82. The van der Waals surface area contributed by atoms with Gasteiger partial charge in [0, 0.05) is 0 Å². The largest absolute Gasteiger partial charge is 0.480 e. The summed E-state index contributed by atoms with van der Waals surface area (Å²) < 4.78 is 13.7. The van der Waals surface area contributed by atoms with Gasteiger partial charge in [-0.1, -0.05) is 12.1 Å². The van der Waals surface area contributed by atoms with Gasteiger partial charge in [-0.3, -0.25) is 14.4 Å². The summed E-state index contributed by atoms with van der Waals surface area (Å²) in [6.07, 6.45) is 0. The van der Waals surface area contributed by atoms with Crippen molar-refractivity contribution < 1.29 is 29.0 Å². The minimum absolute atomic E-state index is 0.219. The summed E-state index contributed by atoms with van der Waals surface area (Å²) >= 11 is 0. The van der Waals surface area contributed by atoms with Crippen LogP contribution >= 0.6 is 0 Å². The Labute approximate surface area is 108 Å². The summed E-state index contributed by atoms with van der Waals surface area (Å²) in [5.74, 6) is -4.50. The molecule has 1 rings (SSSR count). The molecule has 102 valence electrons. The molecule has 2 N–H and O–H groups in total. The monoisotopic (exact) mass is 269 g/mol. The fourth-order valence-corrected chi connectivity index (χ4v) is 1.51. The van der Waals surface area contributed by atoms with E-state index in [-0.39, 0.29) is 11.1 Å². The molecule has 0 aliphatic carbocycles. The SMILES string of the molecule is Cc1cccc(C(=O)N(CC(=O)O)CC(=O)O)c1F. The maximum atomic E-state index is 13.7. The highest BCUT2D eigenvalue weighted by Gasteiger charge is 2.23. The molecule has 0 bridgehead atoms. The normalized spacial score (nSPS) is 10.0.